The SMILES string of the molecule is CNC(Cc1cnn(C)c1)c1coc2ccccc12. The second-order valence-corrected chi connectivity index (χ2v) is 4.75. The molecule has 0 aliphatic rings. The molecule has 4 nitrogen and oxygen atoms in total. The molecule has 3 aromatic rings. The van der Waals surface area contributed by atoms with Gasteiger partial charge in [-0.1, -0.05) is 18.2 Å². The van der Waals surface area contributed by atoms with Gasteiger partial charge in [0.15, 0.2) is 0 Å². The van der Waals surface area contributed by atoms with Crippen LogP contribution in [-0.2, 0) is 13.5 Å². The Kier molecular flexibility index (Phi) is 3.09. The number of nitrogens with zero attached hydrogens (tertiary/aromatic N) is 2. The molecule has 19 heavy (non-hydrogen) atoms. The van der Waals surface area contributed by atoms with Crippen LogP contribution in [0.4, 0.5) is 0 Å². The third kappa shape index (κ3) is 2.27. The minimum absolute atomic E-state index is 0.229. The predicted octanol–water partition coefficient (Wildman–Crippen LogP) is 2.67. The summed E-state index contributed by atoms with van der Waals surface area (Å²) in [5.41, 5.74) is 3.35. The summed E-state index contributed by atoms with van der Waals surface area (Å²) in [5.74, 6) is 0. The molecular formula is C15H17N3O. The van der Waals surface area contributed by atoms with E-state index >= 15 is 0 Å². The lowest BCUT2D eigenvalue weighted by Gasteiger charge is -2.13. The predicted molar refractivity (Wildman–Crippen MR) is 74.9 cm³/mol. The smallest absolute Gasteiger partial charge is 0.134 e. The molecule has 1 unspecified atom stereocenters. The van der Waals surface area contributed by atoms with Crippen molar-refractivity contribution in [3.8, 4) is 0 Å². The molecule has 0 bridgehead atoms. The molecule has 0 aliphatic heterocycles. The van der Waals surface area contributed by atoms with E-state index in [1.54, 1.807) is 0 Å². The second-order valence-electron chi connectivity index (χ2n) is 4.75. The second kappa shape index (κ2) is 4.90. The molecule has 98 valence electrons. The summed E-state index contributed by atoms with van der Waals surface area (Å²) >= 11 is 0. The van der Waals surface area contributed by atoms with Crippen LogP contribution in [0.15, 0.2) is 47.3 Å². The van der Waals surface area contributed by atoms with E-state index in [-0.39, 0.29) is 6.04 Å². The summed E-state index contributed by atoms with van der Waals surface area (Å²) in [6.45, 7) is 0. The molecule has 4 heteroatoms. The van der Waals surface area contributed by atoms with Crippen LogP contribution in [0.2, 0.25) is 0 Å². The molecule has 2 heterocycles. The van der Waals surface area contributed by atoms with E-state index in [2.05, 4.69) is 16.5 Å². The zero-order valence-corrected chi connectivity index (χ0v) is 11.1. The first kappa shape index (κ1) is 12.0. The molecule has 2 aromatic heterocycles. The van der Waals surface area contributed by atoms with Crippen LogP contribution in [0.25, 0.3) is 11.0 Å². The van der Waals surface area contributed by atoms with E-state index in [0.29, 0.717) is 0 Å². The first-order valence-electron chi connectivity index (χ1n) is 6.39. The van der Waals surface area contributed by atoms with Gasteiger partial charge in [0.25, 0.3) is 0 Å². The van der Waals surface area contributed by atoms with Crippen molar-refractivity contribution in [2.24, 2.45) is 7.05 Å². The minimum Gasteiger partial charge on any atom is -0.464 e. The highest BCUT2D eigenvalue weighted by Crippen LogP contribution is 2.28. The molecule has 1 aromatic carbocycles. The normalized spacial score (nSPS) is 12.9. The number of aromatic nitrogens is 2. The highest BCUT2D eigenvalue weighted by molar-refractivity contribution is 5.81. The summed E-state index contributed by atoms with van der Waals surface area (Å²) < 4.78 is 7.44. The molecule has 0 fully saturated rings. The minimum atomic E-state index is 0.229. The standard InChI is InChI=1S/C15H17N3O/c1-16-14(7-11-8-17-18(2)9-11)13-10-19-15-6-4-3-5-12(13)15/h3-6,8-10,14,16H,7H2,1-2H3. The van der Waals surface area contributed by atoms with Crippen molar-refractivity contribution in [1.29, 1.82) is 0 Å². The van der Waals surface area contributed by atoms with Gasteiger partial charge in [-0.15, -0.1) is 0 Å². The van der Waals surface area contributed by atoms with Crippen LogP contribution in [0.5, 0.6) is 0 Å². The summed E-state index contributed by atoms with van der Waals surface area (Å²) in [7, 11) is 3.91. The van der Waals surface area contributed by atoms with E-state index in [1.807, 2.05) is 55.6 Å². The highest BCUT2D eigenvalue weighted by atomic mass is 16.3. The average Bonchev–Trinajstić information content (AvgIpc) is 3.02. The van der Waals surface area contributed by atoms with E-state index in [1.165, 1.54) is 16.5 Å². The maximum atomic E-state index is 5.61. The molecule has 1 atom stereocenters. The Morgan fingerprint density at radius 3 is 2.95 bits per heavy atom. The van der Waals surface area contributed by atoms with Crippen LogP contribution in [0, 0.1) is 0 Å². The van der Waals surface area contributed by atoms with Crippen LogP contribution in [-0.4, -0.2) is 16.8 Å². The summed E-state index contributed by atoms with van der Waals surface area (Å²) in [6, 6.07) is 8.36. The summed E-state index contributed by atoms with van der Waals surface area (Å²) in [5, 5.41) is 8.74. The lowest BCUT2D eigenvalue weighted by atomic mass is 10.0. The van der Waals surface area contributed by atoms with Gasteiger partial charge < -0.3 is 9.73 Å². The fraction of sp³-hybridized carbons (Fsp3) is 0.267. The van der Waals surface area contributed by atoms with Crippen LogP contribution >= 0.6 is 0 Å². The zero-order valence-electron chi connectivity index (χ0n) is 11.1. The number of aryl methyl sites for hydroxylation is 1. The van der Waals surface area contributed by atoms with Crippen molar-refractivity contribution in [2.45, 2.75) is 12.5 Å². The number of furan rings is 1. The fourth-order valence-electron chi connectivity index (χ4n) is 2.45. The molecule has 0 saturated carbocycles. The number of fused-ring (bicyclic) bond motifs is 1. The largest absolute Gasteiger partial charge is 0.464 e. The summed E-state index contributed by atoms with van der Waals surface area (Å²) in [6.07, 6.45) is 6.70. The van der Waals surface area contributed by atoms with Gasteiger partial charge in [0, 0.05) is 30.2 Å². The molecule has 1 N–H and O–H groups in total. The number of hydrogen-bond acceptors (Lipinski definition) is 3. The van der Waals surface area contributed by atoms with Crippen molar-refractivity contribution < 1.29 is 4.42 Å². The highest BCUT2D eigenvalue weighted by Gasteiger charge is 2.16. The number of nitrogens with one attached hydrogen (secondary N) is 1. The van der Waals surface area contributed by atoms with Crippen molar-refractivity contribution >= 4 is 11.0 Å². The lowest BCUT2D eigenvalue weighted by Crippen LogP contribution is -2.18. The number of benzene rings is 1. The van der Waals surface area contributed by atoms with Crippen LogP contribution < -0.4 is 5.32 Å². The summed E-state index contributed by atoms with van der Waals surface area (Å²) in [4.78, 5) is 0. The zero-order chi connectivity index (χ0) is 13.2. The van der Waals surface area contributed by atoms with Crippen molar-refractivity contribution in [3.63, 3.8) is 0 Å². The van der Waals surface area contributed by atoms with Gasteiger partial charge in [0.05, 0.1) is 12.5 Å². The molecule has 0 spiro atoms. The van der Waals surface area contributed by atoms with Gasteiger partial charge in [-0.3, -0.25) is 4.68 Å². The van der Waals surface area contributed by atoms with Crippen LogP contribution in [0.1, 0.15) is 17.2 Å². The Labute approximate surface area is 112 Å². The van der Waals surface area contributed by atoms with E-state index in [9.17, 15) is 0 Å². The fourth-order valence-corrected chi connectivity index (χ4v) is 2.45. The Bertz CT molecular complexity index is 683. The molecule has 0 aliphatic carbocycles. The molecule has 0 saturated heterocycles. The number of para-hydroxylation sites is 1. The van der Waals surface area contributed by atoms with E-state index in [4.69, 9.17) is 4.42 Å². The van der Waals surface area contributed by atoms with Gasteiger partial charge in [-0.25, -0.2) is 0 Å². The van der Waals surface area contributed by atoms with Crippen LogP contribution in [0.3, 0.4) is 0 Å². The van der Waals surface area contributed by atoms with Gasteiger partial charge >= 0.3 is 0 Å². The van der Waals surface area contributed by atoms with Gasteiger partial charge in [0.1, 0.15) is 5.58 Å². The van der Waals surface area contributed by atoms with Gasteiger partial charge in [-0.2, -0.15) is 5.10 Å². The third-order valence-electron chi connectivity index (χ3n) is 3.43. The van der Waals surface area contributed by atoms with Gasteiger partial charge in [-0.05, 0) is 25.1 Å². The quantitative estimate of drug-likeness (QED) is 0.779. The maximum Gasteiger partial charge on any atom is 0.134 e. The number of likely N-dealkylation sites (N-methyl/N-ethyl adjacent to an activating group) is 1. The Hall–Kier alpha value is -2.07. The monoisotopic (exact) mass is 255 g/mol. The topological polar surface area (TPSA) is 43.0 Å². The lowest BCUT2D eigenvalue weighted by molar-refractivity contribution is 0.563. The number of rotatable bonds is 4. The molecular weight excluding hydrogens is 238 g/mol. The van der Waals surface area contributed by atoms with E-state index < -0.39 is 0 Å². The first-order valence-corrected chi connectivity index (χ1v) is 6.39. The van der Waals surface area contributed by atoms with Crippen molar-refractivity contribution in [3.05, 3.63) is 54.0 Å². The first-order chi connectivity index (χ1) is 9.28. The average molecular weight is 255 g/mol. The van der Waals surface area contributed by atoms with Gasteiger partial charge in [0.2, 0.25) is 0 Å². The molecule has 0 radical (unpaired) electrons. The van der Waals surface area contributed by atoms with Crippen molar-refractivity contribution in [1.82, 2.24) is 15.1 Å². The molecule has 3 rings (SSSR count). The van der Waals surface area contributed by atoms with E-state index in [0.717, 1.165) is 12.0 Å². The number of hydrogen-bond donors (Lipinski definition) is 1. The maximum absolute atomic E-state index is 5.61. The Morgan fingerprint density at radius 1 is 1.37 bits per heavy atom. The van der Waals surface area contributed by atoms with Crippen molar-refractivity contribution in [2.75, 3.05) is 7.05 Å². The molecule has 0 amide bonds. The Morgan fingerprint density at radius 2 is 2.21 bits per heavy atom. The third-order valence-corrected chi connectivity index (χ3v) is 3.43. The Balaban J connectivity index is 1.93.